The van der Waals surface area contributed by atoms with E-state index in [1.807, 2.05) is 12.4 Å². The van der Waals surface area contributed by atoms with E-state index in [0.717, 1.165) is 22.5 Å². The lowest BCUT2D eigenvalue weighted by Gasteiger charge is -2.31. The van der Waals surface area contributed by atoms with Crippen LogP contribution in [-0.2, 0) is 5.66 Å². The van der Waals surface area contributed by atoms with E-state index in [4.69, 9.17) is 4.74 Å². The van der Waals surface area contributed by atoms with Gasteiger partial charge in [-0.15, -0.1) is 0 Å². The van der Waals surface area contributed by atoms with Crippen molar-refractivity contribution in [3.63, 3.8) is 0 Å². The number of benzene rings is 5. The molecule has 5 aromatic heterocycles. The lowest BCUT2D eigenvalue weighted by Crippen LogP contribution is -2.71. The number of para-hydroxylation sites is 4. The fourth-order valence-corrected chi connectivity index (χ4v) is 9.36. The van der Waals surface area contributed by atoms with E-state index in [0.29, 0.717) is 0 Å². The van der Waals surface area contributed by atoms with Crippen LogP contribution in [0.2, 0.25) is 0 Å². The molecule has 0 radical (unpaired) electrons. The average molecular weight is 562 g/mol. The molecule has 8 heterocycles. The molecule has 6 nitrogen and oxygen atoms in total. The van der Waals surface area contributed by atoms with Crippen LogP contribution in [0.3, 0.4) is 0 Å². The lowest BCUT2D eigenvalue weighted by atomic mass is 9.85. The highest BCUT2D eigenvalue weighted by Crippen LogP contribution is 2.58. The minimum absolute atomic E-state index is 0.690. The van der Waals surface area contributed by atoms with Gasteiger partial charge in [0.15, 0.2) is 22.1 Å². The van der Waals surface area contributed by atoms with E-state index in [1.54, 1.807) is 0 Å². The summed E-state index contributed by atoms with van der Waals surface area (Å²) in [5.74, 6) is 1.83. The second-order valence-corrected chi connectivity index (χ2v) is 12.4. The van der Waals surface area contributed by atoms with Crippen molar-refractivity contribution in [3.8, 4) is 11.5 Å². The molecule has 0 amide bonds. The number of fused-ring (bicyclic) bond motifs is 12. The topological polar surface area (TPSA) is 38.7 Å². The van der Waals surface area contributed by atoms with E-state index in [-0.39, 0.29) is 0 Å². The summed E-state index contributed by atoms with van der Waals surface area (Å²) in [6, 6.07) is 37.6. The van der Waals surface area contributed by atoms with Gasteiger partial charge in [-0.3, -0.25) is 4.98 Å². The third kappa shape index (κ3) is 1.81. The molecule has 0 fully saturated rings. The molecular weight excluding hydrogens is 542 g/mol. The van der Waals surface area contributed by atoms with Crippen molar-refractivity contribution in [2.45, 2.75) is 5.66 Å². The fourth-order valence-electron chi connectivity index (χ4n) is 9.36. The molecule has 5 aromatic carbocycles. The standard InChI is InChI=1S/C38H19N5O/c1-3-9-24-20(7-1)22-13-15-30-34-32(22)36-40(24)26-11-5-6-12-27(26)42(36)38(34)35-31(44-30)16-14-23-21-8-2-4-10-25(21)41-29-19-39-18-17-28(29)43(38)37(41)33(23)35/h1-19H/q+2. The maximum absolute atomic E-state index is 6.94. The van der Waals surface area contributed by atoms with Gasteiger partial charge < -0.3 is 4.74 Å². The minimum atomic E-state index is -0.690. The predicted molar refractivity (Wildman–Crippen MR) is 170 cm³/mol. The molecule has 13 rings (SSSR count). The molecule has 6 heteroatoms. The molecule has 1 spiro atoms. The van der Waals surface area contributed by atoms with Crippen LogP contribution in [0.25, 0.3) is 76.7 Å². The molecule has 0 saturated heterocycles. The van der Waals surface area contributed by atoms with Gasteiger partial charge in [-0.2, -0.15) is 17.9 Å². The highest BCUT2D eigenvalue weighted by molar-refractivity contribution is 6.19. The maximum atomic E-state index is 6.94. The molecule has 3 aliphatic heterocycles. The third-order valence-electron chi connectivity index (χ3n) is 10.7. The number of hydrogen-bond donors (Lipinski definition) is 0. The predicted octanol–water partition coefficient (Wildman–Crippen LogP) is 7.11. The summed E-state index contributed by atoms with van der Waals surface area (Å²) in [7, 11) is 0. The Bertz CT molecular complexity index is 2880. The van der Waals surface area contributed by atoms with Crippen LogP contribution >= 0.6 is 0 Å². The van der Waals surface area contributed by atoms with Crippen LogP contribution in [0.15, 0.2) is 116 Å². The molecule has 0 aliphatic carbocycles. The molecule has 200 valence electrons. The molecule has 1 atom stereocenters. The van der Waals surface area contributed by atoms with E-state index in [1.165, 1.54) is 76.8 Å². The van der Waals surface area contributed by atoms with Gasteiger partial charge >= 0.3 is 17.0 Å². The molecule has 1 unspecified atom stereocenters. The van der Waals surface area contributed by atoms with Crippen LogP contribution in [-0.4, -0.2) is 13.8 Å². The summed E-state index contributed by atoms with van der Waals surface area (Å²) < 4.78 is 17.1. The molecule has 3 aliphatic rings. The minimum Gasteiger partial charge on any atom is -0.456 e. The van der Waals surface area contributed by atoms with Crippen molar-refractivity contribution in [2.75, 3.05) is 0 Å². The normalized spacial score (nSPS) is 17.4. The Balaban J connectivity index is 1.45. The summed E-state index contributed by atoms with van der Waals surface area (Å²) in [6.45, 7) is 0. The quantitative estimate of drug-likeness (QED) is 0.146. The molecule has 0 saturated carbocycles. The van der Waals surface area contributed by atoms with Crippen molar-refractivity contribution >= 4 is 76.7 Å². The van der Waals surface area contributed by atoms with Crippen molar-refractivity contribution in [1.29, 1.82) is 0 Å². The first-order chi connectivity index (χ1) is 21.9. The third-order valence-corrected chi connectivity index (χ3v) is 10.7. The van der Waals surface area contributed by atoms with Gasteiger partial charge in [-0.25, -0.2) is 0 Å². The highest BCUT2D eigenvalue weighted by atomic mass is 16.5. The van der Waals surface area contributed by atoms with E-state index in [2.05, 4.69) is 126 Å². The number of rotatable bonds is 0. The van der Waals surface area contributed by atoms with Gasteiger partial charge in [0.25, 0.3) is 0 Å². The number of pyridine rings is 3. The zero-order valence-electron chi connectivity index (χ0n) is 23.1. The van der Waals surface area contributed by atoms with Gasteiger partial charge in [0.05, 0.1) is 17.0 Å². The SMILES string of the molecule is c1ccc2c(c1)c1ccc3c4c1c1n2c2ccccc2[n+]1C41c2c(ccc4c5ccccc5n5c6cnccc6[n+]1c5c24)O3. The Morgan fingerprint density at radius 3 is 1.73 bits per heavy atom. The molecule has 10 aromatic rings. The van der Waals surface area contributed by atoms with Crippen molar-refractivity contribution in [1.82, 2.24) is 13.8 Å². The zero-order valence-corrected chi connectivity index (χ0v) is 23.1. The zero-order chi connectivity index (χ0) is 28.1. The van der Waals surface area contributed by atoms with Crippen molar-refractivity contribution in [2.24, 2.45) is 0 Å². The monoisotopic (exact) mass is 561 g/mol. The van der Waals surface area contributed by atoms with Crippen LogP contribution in [0.1, 0.15) is 11.1 Å². The van der Waals surface area contributed by atoms with Gasteiger partial charge in [0.2, 0.25) is 0 Å². The molecular formula is C38H19N5O+2. The first-order valence-electron chi connectivity index (χ1n) is 15.1. The second-order valence-electron chi connectivity index (χ2n) is 12.4. The smallest absolute Gasteiger partial charge is 0.316 e. The maximum Gasteiger partial charge on any atom is 0.316 e. The molecule has 0 bridgehead atoms. The summed E-state index contributed by atoms with van der Waals surface area (Å²) >= 11 is 0. The lowest BCUT2D eigenvalue weighted by molar-refractivity contribution is -0.923. The van der Waals surface area contributed by atoms with E-state index >= 15 is 0 Å². The number of hydrogen-bond acceptors (Lipinski definition) is 2. The van der Waals surface area contributed by atoms with Crippen LogP contribution in [0.5, 0.6) is 11.5 Å². The van der Waals surface area contributed by atoms with E-state index < -0.39 is 5.66 Å². The van der Waals surface area contributed by atoms with Gasteiger partial charge in [0, 0.05) is 33.8 Å². The van der Waals surface area contributed by atoms with Crippen LogP contribution in [0, 0.1) is 0 Å². The first kappa shape index (κ1) is 20.8. The fraction of sp³-hybridized carbons (Fsp3) is 0.0263. The van der Waals surface area contributed by atoms with Gasteiger partial charge in [-0.05, 0) is 48.5 Å². The second kappa shape index (κ2) is 6.33. The Labute approximate surface area is 247 Å². The van der Waals surface area contributed by atoms with Gasteiger partial charge in [-0.1, -0.05) is 48.5 Å². The van der Waals surface area contributed by atoms with Crippen molar-refractivity contribution in [3.05, 3.63) is 127 Å². The van der Waals surface area contributed by atoms with Gasteiger partial charge in [0.1, 0.15) is 33.7 Å². The van der Waals surface area contributed by atoms with E-state index in [9.17, 15) is 0 Å². The number of imidazole rings is 2. The van der Waals surface area contributed by atoms with Crippen LogP contribution in [0.4, 0.5) is 0 Å². The molecule has 0 N–H and O–H groups in total. The molecule has 44 heavy (non-hydrogen) atoms. The summed E-state index contributed by atoms with van der Waals surface area (Å²) in [5.41, 5.74) is 11.2. The van der Waals surface area contributed by atoms with Crippen LogP contribution < -0.4 is 13.9 Å². The summed E-state index contributed by atoms with van der Waals surface area (Å²) in [6.07, 6.45) is 3.96. The number of ether oxygens (including phenoxy) is 1. The Hall–Kier alpha value is -6.01. The number of nitrogens with zero attached hydrogens (tertiary/aromatic N) is 5. The number of aromatic nitrogens is 5. The summed E-state index contributed by atoms with van der Waals surface area (Å²) in [5, 5.41) is 7.47. The Morgan fingerprint density at radius 1 is 0.523 bits per heavy atom. The largest absolute Gasteiger partial charge is 0.456 e. The summed E-state index contributed by atoms with van der Waals surface area (Å²) in [4.78, 5) is 4.65. The Morgan fingerprint density at radius 2 is 1.07 bits per heavy atom. The Kier molecular flexibility index (Phi) is 2.99. The first-order valence-corrected chi connectivity index (χ1v) is 15.1. The highest BCUT2D eigenvalue weighted by Gasteiger charge is 2.67. The van der Waals surface area contributed by atoms with Crippen molar-refractivity contribution < 1.29 is 13.9 Å². The average Bonchev–Trinajstić information content (AvgIpc) is 3.79.